The van der Waals surface area contributed by atoms with Gasteiger partial charge in [-0.2, -0.15) is 5.10 Å². The second-order valence-electron chi connectivity index (χ2n) is 7.51. The number of aromatic nitrogens is 2. The molecule has 0 radical (unpaired) electrons. The van der Waals surface area contributed by atoms with E-state index >= 15 is 0 Å². The van der Waals surface area contributed by atoms with Gasteiger partial charge < -0.3 is 14.5 Å². The first-order valence-electron chi connectivity index (χ1n) is 10.1. The van der Waals surface area contributed by atoms with E-state index in [-0.39, 0.29) is 18.2 Å². The number of hydrogen-bond donors (Lipinski definition) is 1. The molecule has 0 fully saturated rings. The van der Waals surface area contributed by atoms with Crippen molar-refractivity contribution in [1.29, 1.82) is 0 Å². The highest BCUT2D eigenvalue weighted by Crippen LogP contribution is 2.25. The zero-order valence-corrected chi connectivity index (χ0v) is 20.1. The molecule has 0 aliphatic carbocycles. The minimum atomic E-state index is -0.468. The highest BCUT2D eigenvalue weighted by Gasteiger charge is 2.16. The summed E-state index contributed by atoms with van der Waals surface area (Å²) in [6, 6.07) is 14.3. The summed E-state index contributed by atoms with van der Waals surface area (Å²) >= 11 is 18.4. The maximum atomic E-state index is 12.6. The van der Waals surface area contributed by atoms with Crippen LogP contribution in [-0.4, -0.2) is 15.7 Å². The molecule has 1 N–H and O–H groups in total. The van der Waals surface area contributed by atoms with Crippen LogP contribution in [0.2, 0.25) is 15.1 Å². The number of nitrogens with one attached hydrogen (secondary N) is 1. The Balaban J connectivity index is 1.38. The molecule has 4 rings (SSSR count). The third-order valence-electron chi connectivity index (χ3n) is 5.04. The van der Waals surface area contributed by atoms with E-state index in [1.807, 2.05) is 38.1 Å². The van der Waals surface area contributed by atoms with E-state index in [2.05, 4.69) is 10.4 Å². The van der Waals surface area contributed by atoms with Crippen molar-refractivity contribution in [3.8, 4) is 5.75 Å². The Bertz CT molecular complexity index is 1310. The molecule has 0 bridgehead atoms. The molecule has 0 unspecified atom stereocenters. The molecule has 170 valence electrons. The maximum absolute atomic E-state index is 12.6. The Kier molecular flexibility index (Phi) is 6.98. The van der Waals surface area contributed by atoms with E-state index in [0.717, 1.165) is 16.9 Å². The number of hydrogen-bond acceptors (Lipinski definition) is 4. The second kappa shape index (κ2) is 9.91. The molecule has 9 heteroatoms. The Morgan fingerprint density at radius 2 is 1.85 bits per heavy atom. The summed E-state index contributed by atoms with van der Waals surface area (Å²) in [7, 11) is 0. The standard InChI is InChI=1S/C24H20Cl3N3O3/c1-14-3-6-18(9-15(14)2)32-13-19-7-8-22(33-19)24(31)28-23-21(27)12-30(29-23)11-16-4-5-17(25)10-20(16)26/h3-10,12H,11,13H2,1-2H3,(H,28,29,31). The highest BCUT2D eigenvalue weighted by atomic mass is 35.5. The molecule has 1 amide bonds. The zero-order valence-electron chi connectivity index (χ0n) is 17.9. The fourth-order valence-corrected chi connectivity index (χ4v) is 3.76. The van der Waals surface area contributed by atoms with Gasteiger partial charge >= 0.3 is 0 Å². The van der Waals surface area contributed by atoms with E-state index in [4.69, 9.17) is 44.0 Å². The SMILES string of the molecule is Cc1ccc(OCc2ccc(C(=O)Nc3nn(Cc4ccc(Cl)cc4Cl)cc3Cl)o2)cc1C. The number of amides is 1. The quantitative estimate of drug-likeness (QED) is 0.296. The molecule has 0 saturated carbocycles. The normalized spacial score (nSPS) is 10.9. The predicted molar refractivity (Wildman–Crippen MR) is 130 cm³/mol. The zero-order chi connectivity index (χ0) is 23.5. The van der Waals surface area contributed by atoms with Gasteiger partial charge in [-0.1, -0.05) is 46.9 Å². The van der Waals surface area contributed by atoms with E-state index in [1.54, 1.807) is 35.1 Å². The van der Waals surface area contributed by atoms with Gasteiger partial charge in [0.05, 0.1) is 6.54 Å². The van der Waals surface area contributed by atoms with Crippen molar-refractivity contribution >= 4 is 46.5 Å². The number of anilines is 1. The minimum absolute atomic E-state index is 0.125. The topological polar surface area (TPSA) is 69.3 Å². The van der Waals surface area contributed by atoms with Crippen molar-refractivity contribution in [2.75, 3.05) is 5.32 Å². The number of carbonyl (C=O) groups excluding carboxylic acids is 1. The van der Waals surface area contributed by atoms with Crippen molar-refractivity contribution in [1.82, 2.24) is 9.78 Å². The van der Waals surface area contributed by atoms with Crippen LogP contribution in [0.1, 0.15) is 33.0 Å². The Morgan fingerprint density at radius 1 is 1.03 bits per heavy atom. The lowest BCUT2D eigenvalue weighted by molar-refractivity contribution is 0.0992. The van der Waals surface area contributed by atoms with Crippen molar-refractivity contribution in [2.24, 2.45) is 0 Å². The number of carbonyl (C=O) groups is 1. The lowest BCUT2D eigenvalue weighted by Gasteiger charge is -2.07. The van der Waals surface area contributed by atoms with Crippen LogP contribution in [0.5, 0.6) is 5.75 Å². The summed E-state index contributed by atoms with van der Waals surface area (Å²) in [5.74, 6) is 1.13. The Morgan fingerprint density at radius 3 is 2.61 bits per heavy atom. The van der Waals surface area contributed by atoms with Crippen LogP contribution < -0.4 is 10.1 Å². The van der Waals surface area contributed by atoms with Gasteiger partial charge in [-0.15, -0.1) is 0 Å². The molecule has 2 aromatic carbocycles. The molecule has 0 aliphatic rings. The molecule has 0 aliphatic heterocycles. The highest BCUT2D eigenvalue weighted by molar-refractivity contribution is 6.35. The van der Waals surface area contributed by atoms with Gasteiger partial charge in [-0.05, 0) is 66.9 Å². The van der Waals surface area contributed by atoms with Crippen LogP contribution in [0, 0.1) is 13.8 Å². The maximum Gasteiger partial charge on any atom is 0.292 e. The minimum Gasteiger partial charge on any atom is -0.486 e. The van der Waals surface area contributed by atoms with Crippen LogP contribution in [0.3, 0.4) is 0 Å². The fourth-order valence-electron chi connectivity index (χ4n) is 3.09. The summed E-state index contributed by atoms with van der Waals surface area (Å²) in [6.07, 6.45) is 1.60. The van der Waals surface area contributed by atoms with Crippen LogP contribution >= 0.6 is 34.8 Å². The molecule has 33 heavy (non-hydrogen) atoms. The van der Waals surface area contributed by atoms with E-state index in [0.29, 0.717) is 27.4 Å². The van der Waals surface area contributed by atoms with Crippen LogP contribution in [0.15, 0.2) is 59.1 Å². The lowest BCUT2D eigenvalue weighted by Crippen LogP contribution is -2.12. The van der Waals surface area contributed by atoms with Crippen LogP contribution in [0.4, 0.5) is 5.82 Å². The Labute approximate surface area is 206 Å². The van der Waals surface area contributed by atoms with Crippen molar-refractivity contribution in [3.05, 3.63) is 98.0 Å². The van der Waals surface area contributed by atoms with Gasteiger partial charge in [0.2, 0.25) is 0 Å². The van der Waals surface area contributed by atoms with Crippen LogP contribution in [-0.2, 0) is 13.2 Å². The first-order chi connectivity index (χ1) is 15.8. The Hall–Kier alpha value is -2.93. The lowest BCUT2D eigenvalue weighted by atomic mass is 10.1. The molecule has 0 atom stereocenters. The molecule has 6 nitrogen and oxygen atoms in total. The number of benzene rings is 2. The summed E-state index contributed by atoms with van der Waals surface area (Å²) in [5, 5.41) is 8.35. The number of nitrogens with zero attached hydrogens (tertiary/aromatic N) is 2. The van der Waals surface area contributed by atoms with E-state index in [1.165, 1.54) is 5.56 Å². The van der Waals surface area contributed by atoms with E-state index in [9.17, 15) is 4.79 Å². The number of halogens is 3. The molecule has 0 saturated heterocycles. The summed E-state index contributed by atoms with van der Waals surface area (Å²) < 4.78 is 13.0. The van der Waals surface area contributed by atoms with Gasteiger partial charge in [-0.25, -0.2) is 0 Å². The molecule has 2 aromatic heterocycles. The smallest absolute Gasteiger partial charge is 0.292 e. The van der Waals surface area contributed by atoms with Gasteiger partial charge in [0.25, 0.3) is 5.91 Å². The largest absolute Gasteiger partial charge is 0.486 e. The van der Waals surface area contributed by atoms with Gasteiger partial charge in [0, 0.05) is 16.2 Å². The number of ether oxygens (including phenoxy) is 1. The number of aryl methyl sites for hydroxylation is 2. The third-order valence-corrected chi connectivity index (χ3v) is 5.90. The monoisotopic (exact) mass is 503 g/mol. The van der Waals surface area contributed by atoms with Crippen molar-refractivity contribution in [3.63, 3.8) is 0 Å². The van der Waals surface area contributed by atoms with Crippen LogP contribution in [0.25, 0.3) is 0 Å². The second-order valence-corrected chi connectivity index (χ2v) is 8.76. The molecule has 0 spiro atoms. The average Bonchev–Trinajstić information content (AvgIpc) is 3.38. The molecule has 4 aromatic rings. The first-order valence-corrected chi connectivity index (χ1v) is 11.2. The van der Waals surface area contributed by atoms with Gasteiger partial charge in [0.1, 0.15) is 23.1 Å². The van der Waals surface area contributed by atoms with E-state index < -0.39 is 5.91 Å². The number of rotatable bonds is 7. The summed E-state index contributed by atoms with van der Waals surface area (Å²) in [6.45, 7) is 4.63. The summed E-state index contributed by atoms with van der Waals surface area (Å²) in [4.78, 5) is 12.6. The first kappa shape index (κ1) is 23.2. The average molecular weight is 505 g/mol. The number of furan rings is 1. The van der Waals surface area contributed by atoms with Gasteiger partial charge in [-0.3, -0.25) is 9.48 Å². The molecular weight excluding hydrogens is 485 g/mol. The summed E-state index contributed by atoms with van der Waals surface area (Å²) in [5.41, 5.74) is 3.15. The molecule has 2 heterocycles. The predicted octanol–water partition coefficient (Wildman–Crippen LogP) is 6.93. The van der Waals surface area contributed by atoms with Gasteiger partial charge in [0.15, 0.2) is 11.6 Å². The molecular formula is C24H20Cl3N3O3. The third kappa shape index (κ3) is 5.71. The van der Waals surface area contributed by atoms with Crippen molar-refractivity contribution < 1.29 is 13.9 Å². The fraction of sp³-hybridized carbons (Fsp3) is 0.167. The van der Waals surface area contributed by atoms with Crippen molar-refractivity contribution in [2.45, 2.75) is 27.0 Å².